The van der Waals surface area contributed by atoms with Gasteiger partial charge in [-0.3, -0.25) is 9.58 Å². The second-order valence-corrected chi connectivity index (χ2v) is 6.92. The van der Waals surface area contributed by atoms with Crippen molar-refractivity contribution in [1.29, 1.82) is 0 Å². The van der Waals surface area contributed by atoms with Crippen LogP contribution in [0.15, 0.2) is 0 Å². The SMILES string of the molecule is CCC(C)(C(N)Cc1c(Cl)c(C)nn1C)N1CCCCC1. The Morgan fingerprint density at radius 3 is 2.43 bits per heavy atom. The van der Waals surface area contributed by atoms with Crippen LogP contribution in [0.1, 0.15) is 50.9 Å². The number of hydrogen-bond acceptors (Lipinski definition) is 3. The Kier molecular flexibility index (Phi) is 5.33. The van der Waals surface area contributed by atoms with E-state index in [1.165, 1.54) is 19.3 Å². The highest BCUT2D eigenvalue weighted by Gasteiger charge is 2.37. The van der Waals surface area contributed by atoms with Crippen molar-refractivity contribution in [3.63, 3.8) is 0 Å². The summed E-state index contributed by atoms with van der Waals surface area (Å²) in [6, 6.07) is 0.0629. The molecule has 1 fully saturated rings. The minimum atomic E-state index is 0.0297. The summed E-state index contributed by atoms with van der Waals surface area (Å²) in [4.78, 5) is 2.58. The van der Waals surface area contributed by atoms with Gasteiger partial charge in [0.1, 0.15) is 0 Å². The molecule has 2 rings (SSSR count). The van der Waals surface area contributed by atoms with Crippen LogP contribution in [0.3, 0.4) is 0 Å². The van der Waals surface area contributed by atoms with E-state index in [1.54, 1.807) is 0 Å². The standard InChI is InChI=1S/C16H29ClN4/c1-5-16(3,21-9-7-6-8-10-21)14(18)11-13-15(17)12(2)19-20(13)4/h14H,5-11,18H2,1-4H3. The van der Waals surface area contributed by atoms with E-state index in [1.807, 2.05) is 18.7 Å². The van der Waals surface area contributed by atoms with Gasteiger partial charge >= 0.3 is 0 Å². The van der Waals surface area contributed by atoms with Crippen molar-refractivity contribution in [3.05, 3.63) is 16.4 Å². The first-order valence-electron chi connectivity index (χ1n) is 8.08. The molecule has 120 valence electrons. The van der Waals surface area contributed by atoms with Crippen molar-refractivity contribution < 1.29 is 0 Å². The van der Waals surface area contributed by atoms with Crippen molar-refractivity contribution in [3.8, 4) is 0 Å². The molecular formula is C16H29ClN4. The van der Waals surface area contributed by atoms with E-state index in [0.717, 1.165) is 42.3 Å². The Hall–Kier alpha value is -0.580. The van der Waals surface area contributed by atoms with Crippen molar-refractivity contribution in [2.75, 3.05) is 13.1 Å². The Balaban J connectivity index is 2.17. The number of hydrogen-bond donors (Lipinski definition) is 1. The molecule has 4 nitrogen and oxygen atoms in total. The van der Waals surface area contributed by atoms with Crippen LogP contribution in [0.25, 0.3) is 0 Å². The fourth-order valence-electron chi connectivity index (χ4n) is 3.46. The van der Waals surface area contributed by atoms with Crippen LogP contribution >= 0.6 is 11.6 Å². The Morgan fingerprint density at radius 1 is 1.33 bits per heavy atom. The van der Waals surface area contributed by atoms with Gasteiger partial charge in [-0.25, -0.2) is 0 Å². The van der Waals surface area contributed by atoms with Crippen molar-refractivity contribution in [2.45, 2.75) is 64.5 Å². The number of rotatable bonds is 5. The van der Waals surface area contributed by atoms with Crippen molar-refractivity contribution in [2.24, 2.45) is 12.8 Å². The van der Waals surface area contributed by atoms with Crippen LogP contribution < -0.4 is 5.73 Å². The lowest BCUT2D eigenvalue weighted by Gasteiger charge is -2.46. The summed E-state index contributed by atoms with van der Waals surface area (Å²) in [5.74, 6) is 0. The van der Waals surface area contributed by atoms with E-state index < -0.39 is 0 Å². The highest BCUT2D eigenvalue weighted by atomic mass is 35.5. The van der Waals surface area contributed by atoms with Crippen LogP contribution in [0.5, 0.6) is 0 Å². The van der Waals surface area contributed by atoms with Crippen LogP contribution in [0.4, 0.5) is 0 Å². The van der Waals surface area contributed by atoms with E-state index in [2.05, 4.69) is 23.8 Å². The van der Waals surface area contributed by atoms with E-state index in [-0.39, 0.29) is 11.6 Å². The maximum Gasteiger partial charge on any atom is 0.0847 e. The number of nitrogens with two attached hydrogens (primary N) is 1. The molecule has 5 heteroatoms. The predicted molar refractivity (Wildman–Crippen MR) is 88.8 cm³/mol. The van der Waals surface area contributed by atoms with Crippen LogP contribution in [0.2, 0.25) is 5.02 Å². The van der Waals surface area contributed by atoms with E-state index >= 15 is 0 Å². The summed E-state index contributed by atoms with van der Waals surface area (Å²) in [5, 5.41) is 5.17. The average Bonchev–Trinajstić information content (AvgIpc) is 2.73. The normalized spacial score (nSPS) is 21.2. The van der Waals surface area contributed by atoms with Gasteiger partial charge < -0.3 is 5.73 Å². The van der Waals surface area contributed by atoms with E-state index in [4.69, 9.17) is 17.3 Å². The Labute approximate surface area is 133 Å². The van der Waals surface area contributed by atoms with Gasteiger partial charge in [0.25, 0.3) is 0 Å². The predicted octanol–water partition coefficient (Wildman–Crippen LogP) is 2.91. The maximum atomic E-state index is 6.63. The van der Waals surface area contributed by atoms with Crippen LogP contribution in [-0.4, -0.2) is 39.4 Å². The molecule has 0 saturated carbocycles. The fraction of sp³-hybridized carbons (Fsp3) is 0.812. The minimum absolute atomic E-state index is 0.0297. The highest BCUT2D eigenvalue weighted by molar-refractivity contribution is 6.31. The number of aromatic nitrogens is 2. The summed E-state index contributed by atoms with van der Waals surface area (Å²) in [6.07, 6.45) is 5.75. The lowest BCUT2D eigenvalue weighted by atomic mass is 9.83. The number of likely N-dealkylation sites (tertiary alicyclic amines) is 1. The topological polar surface area (TPSA) is 47.1 Å². The number of aryl methyl sites for hydroxylation is 2. The van der Waals surface area contributed by atoms with Gasteiger partial charge in [-0.1, -0.05) is 24.9 Å². The highest BCUT2D eigenvalue weighted by Crippen LogP contribution is 2.30. The molecule has 0 spiro atoms. The summed E-state index contributed by atoms with van der Waals surface area (Å²) in [7, 11) is 1.95. The second kappa shape index (κ2) is 6.67. The smallest absolute Gasteiger partial charge is 0.0847 e. The largest absolute Gasteiger partial charge is 0.326 e. The second-order valence-electron chi connectivity index (χ2n) is 6.54. The molecule has 0 aromatic carbocycles. The molecule has 2 N–H and O–H groups in total. The summed E-state index contributed by atoms with van der Waals surface area (Å²) in [5.41, 5.74) is 8.60. The molecule has 0 radical (unpaired) electrons. The van der Waals surface area contributed by atoms with Gasteiger partial charge in [0.2, 0.25) is 0 Å². The lowest BCUT2D eigenvalue weighted by molar-refractivity contribution is 0.0541. The number of piperidine rings is 1. The lowest BCUT2D eigenvalue weighted by Crippen LogP contribution is -2.59. The number of halogens is 1. The molecule has 0 amide bonds. The molecule has 2 unspecified atom stereocenters. The van der Waals surface area contributed by atoms with Gasteiger partial charge in [0.05, 0.1) is 16.4 Å². The van der Waals surface area contributed by atoms with Crippen LogP contribution in [0, 0.1) is 6.92 Å². The molecule has 1 aliphatic rings. The molecule has 2 atom stereocenters. The summed E-state index contributed by atoms with van der Waals surface area (Å²) < 4.78 is 1.88. The summed E-state index contributed by atoms with van der Waals surface area (Å²) >= 11 is 6.38. The maximum absolute atomic E-state index is 6.63. The van der Waals surface area contributed by atoms with Crippen molar-refractivity contribution >= 4 is 11.6 Å². The third-order valence-corrected chi connectivity index (χ3v) is 5.76. The summed E-state index contributed by atoms with van der Waals surface area (Å²) in [6.45, 7) is 8.82. The fourth-order valence-corrected chi connectivity index (χ4v) is 3.69. The zero-order valence-electron chi connectivity index (χ0n) is 13.8. The molecule has 1 saturated heterocycles. The molecule has 0 aliphatic carbocycles. The molecular weight excluding hydrogens is 284 g/mol. The third-order valence-electron chi connectivity index (χ3n) is 5.27. The Bertz CT molecular complexity index is 479. The third kappa shape index (κ3) is 3.27. The monoisotopic (exact) mass is 312 g/mol. The Morgan fingerprint density at radius 2 is 1.95 bits per heavy atom. The van der Waals surface area contributed by atoms with Gasteiger partial charge in [-0.2, -0.15) is 5.10 Å². The minimum Gasteiger partial charge on any atom is -0.326 e. The van der Waals surface area contributed by atoms with Gasteiger partial charge in [-0.05, 0) is 46.2 Å². The first kappa shape index (κ1) is 16.8. The quantitative estimate of drug-likeness (QED) is 0.909. The zero-order valence-corrected chi connectivity index (χ0v) is 14.6. The van der Waals surface area contributed by atoms with Crippen molar-refractivity contribution in [1.82, 2.24) is 14.7 Å². The average molecular weight is 313 g/mol. The van der Waals surface area contributed by atoms with Gasteiger partial charge in [0, 0.05) is 25.0 Å². The van der Waals surface area contributed by atoms with E-state index in [0.29, 0.717) is 0 Å². The number of nitrogens with zero attached hydrogens (tertiary/aromatic N) is 3. The van der Waals surface area contributed by atoms with Gasteiger partial charge in [-0.15, -0.1) is 0 Å². The van der Waals surface area contributed by atoms with E-state index in [9.17, 15) is 0 Å². The molecule has 1 aromatic heterocycles. The molecule has 2 heterocycles. The first-order valence-corrected chi connectivity index (χ1v) is 8.46. The van der Waals surface area contributed by atoms with Gasteiger partial charge in [0.15, 0.2) is 0 Å². The molecule has 0 bridgehead atoms. The zero-order chi connectivity index (χ0) is 15.6. The first-order chi connectivity index (χ1) is 9.90. The van der Waals surface area contributed by atoms with Crippen LogP contribution in [-0.2, 0) is 13.5 Å². The molecule has 1 aliphatic heterocycles. The molecule has 21 heavy (non-hydrogen) atoms. The molecule has 1 aromatic rings.